The third-order valence-corrected chi connectivity index (χ3v) is 4.85. The third-order valence-electron chi connectivity index (χ3n) is 4.61. The van der Waals surface area contributed by atoms with E-state index in [2.05, 4.69) is 10.6 Å². The first-order valence-electron chi connectivity index (χ1n) is 8.62. The fraction of sp³-hybridized carbons (Fsp3) is 0.316. The quantitative estimate of drug-likeness (QED) is 0.544. The molecule has 0 aliphatic heterocycles. The number of nitro groups is 1. The molecule has 6 nitrogen and oxygen atoms in total. The molecule has 26 heavy (non-hydrogen) atoms. The summed E-state index contributed by atoms with van der Waals surface area (Å²) in [5, 5.41) is 17.4. The minimum Gasteiger partial charge on any atom is -0.385 e. The molecule has 1 amide bonds. The molecule has 0 bridgehead atoms. The lowest BCUT2D eigenvalue weighted by atomic mass is 10.1. The molecule has 3 rings (SSSR count). The number of nitrogens with one attached hydrogen (secondary N) is 2. The average Bonchev–Trinajstić information content (AvgIpc) is 3.14. The standard InChI is InChI=1S/C19H20ClN3O3/c20-14-5-10-17(18(11-14)23(25)26)19(24)22-16-8-6-15(7-9-16)21-12-13-3-1-2-4-13/h5-11,13,21H,1-4,12H2,(H,22,24). The Balaban J connectivity index is 1.63. The molecule has 0 aromatic heterocycles. The predicted octanol–water partition coefficient (Wildman–Crippen LogP) is 5.10. The van der Waals surface area contributed by atoms with Crippen molar-refractivity contribution in [2.24, 2.45) is 5.92 Å². The second kappa shape index (κ2) is 8.19. The lowest BCUT2D eigenvalue weighted by Gasteiger charge is -2.12. The van der Waals surface area contributed by atoms with E-state index < -0.39 is 10.8 Å². The highest BCUT2D eigenvalue weighted by atomic mass is 35.5. The van der Waals surface area contributed by atoms with E-state index in [0.29, 0.717) is 5.69 Å². The number of hydrogen-bond donors (Lipinski definition) is 2. The van der Waals surface area contributed by atoms with Crippen LogP contribution in [0.5, 0.6) is 0 Å². The van der Waals surface area contributed by atoms with Crippen LogP contribution in [0.3, 0.4) is 0 Å². The molecule has 7 heteroatoms. The van der Waals surface area contributed by atoms with Gasteiger partial charge in [-0.3, -0.25) is 14.9 Å². The number of anilines is 2. The molecule has 136 valence electrons. The third kappa shape index (κ3) is 4.52. The number of hydrogen-bond acceptors (Lipinski definition) is 4. The van der Waals surface area contributed by atoms with E-state index in [1.807, 2.05) is 12.1 Å². The zero-order valence-electron chi connectivity index (χ0n) is 14.2. The number of halogens is 1. The maximum Gasteiger partial charge on any atom is 0.283 e. The molecule has 1 aliphatic carbocycles. The SMILES string of the molecule is O=C(Nc1ccc(NCC2CCCC2)cc1)c1ccc(Cl)cc1[N+](=O)[O-]. The highest BCUT2D eigenvalue weighted by molar-refractivity contribution is 6.31. The van der Waals surface area contributed by atoms with Gasteiger partial charge in [0.15, 0.2) is 0 Å². The Bertz CT molecular complexity index is 802. The first-order chi connectivity index (χ1) is 12.5. The van der Waals surface area contributed by atoms with Gasteiger partial charge in [-0.2, -0.15) is 0 Å². The van der Waals surface area contributed by atoms with Crippen molar-refractivity contribution in [3.8, 4) is 0 Å². The minimum absolute atomic E-state index is 0.0252. The Morgan fingerprint density at radius 3 is 2.42 bits per heavy atom. The Labute approximate surface area is 156 Å². The Hall–Kier alpha value is -2.60. The summed E-state index contributed by atoms with van der Waals surface area (Å²) in [4.78, 5) is 22.9. The van der Waals surface area contributed by atoms with Gasteiger partial charge in [-0.1, -0.05) is 24.4 Å². The van der Waals surface area contributed by atoms with E-state index in [1.165, 1.54) is 43.9 Å². The van der Waals surface area contributed by atoms with E-state index in [9.17, 15) is 14.9 Å². The van der Waals surface area contributed by atoms with Crippen LogP contribution in [-0.4, -0.2) is 17.4 Å². The lowest BCUT2D eigenvalue weighted by Crippen LogP contribution is -2.14. The van der Waals surface area contributed by atoms with E-state index in [0.717, 1.165) is 18.2 Å². The summed E-state index contributed by atoms with van der Waals surface area (Å²) in [6.45, 7) is 0.961. The van der Waals surface area contributed by atoms with Gasteiger partial charge in [-0.05, 0) is 55.2 Å². The molecule has 2 aromatic rings. The summed E-state index contributed by atoms with van der Waals surface area (Å²) >= 11 is 5.78. The first kappa shape index (κ1) is 18.2. The zero-order chi connectivity index (χ0) is 18.5. The van der Waals surface area contributed by atoms with Crippen LogP contribution in [0.2, 0.25) is 5.02 Å². The van der Waals surface area contributed by atoms with Crippen molar-refractivity contribution in [1.29, 1.82) is 0 Å². The van der Waals surface area contributed by atoms with Crippen LogP contribution in [0.25, 0.3) is 0 Å². The second-order valence-corrected chi connectivity index (χ2v) is 6.92. The maximum atomic E-state index is 12.4. The van der Waals surface area contributed by atoms with Crippen molar-refractivity contribution in [3.63, 3.8) is 0 Å². The van der Waals surface area contributed by atoms with Crippen LogP contribution < -0.4 is 10.6 Å². The number of carbonyl (C=O) groups is 1. The normalized spacial score (nSPS) is 14.2. The van der Waals surface area contributed by atoms with Crippen LogP contribution >= 0.6 is 11.6 Å². The van der Waals surface area contributed by atoms with Crippen LogP contribution in [0.15, 0.2) is 42.5 Å². The van der Waals surface area contributed by atoms with Gasteiger partial charge in [-0.15, -0.1) is 0 Å². The Kier molecular flexibility index (Phi) is 5.73. The van der Waals surface area contributed by atoms with Crippen molar-refractivity contribution < 1.29 is 9.72 Å². The fourth-order valence-corrected chi connectivity index (χ4v) is 3.36. The Morgan fingerprint density at radius 2 is 1.77 bits per heavy atom. The van der Waals surface area contributed by atoms with Gasteiger partial charge in [0.2, 0.25) is 0 Å². The highest BCUT2D eigenvalue weighted by Gasteiger charge is 2.20. The van der Waals surface area contributed by atoms with Gasteiger partial charge in [0, 0.05) is 29.0 Å². The number of rotatable bonds is 6. The molecule has 0 spiro atoms. The van der Waals surface area contributed by atoms with E-state index in [-0.39, 0.29) is 16.3 Å². The van der Waals surface area contributed by atoms with Crippen LogP contribution in [0, 0.1) is 16.0 Å². The summed E-state index contributed by atoms with van der Waals surface area (Å²) < 4.78 is 0. The number of carbonyl (C=O) groups excluding carboxylic acids is 1. The van der Waals surface area contributed by atoms with Crippen LogP contribution in [-0.2, 0) is 0 Å². The maximum absolute atomic E-state index is 12.4. The fourth-order valence-electron chi connectivity index (χ4n) is 3.19. The monoisotopic (exact) mass is 373 g/mol. The van der Waals surface area contributed by atoms with Gasteiger partial charge >= 0.3 is 0 Å². The van der Waals surface area contributed by atoms with Crippen molar-refractivity contribution in [3.05, 3.63) is 63.2 Å². The molecule has 0 unspecified atom stereocenters. The number of nitrogens with zero attached hydrogens (tertiary/aromatic N) is 1. The van der Waals surface area contributed by atoms with Gasteiger partial charge in [0.25, 0.3) is 11.6 Å². The minimum atomic E-state index is -0.614. The lowest BCUT2D eigenvalue weighted by molar-refractivity contribution is -0.385. The molecular formula is C19H20ClN3O3. The molecular weight excluding hydrogens is 354 g/mol. The molecule has 1 fully saturated rings. The average molecular weight is 374 g/mol. The van der Waals surface area contributed by atoms with Crippen molar-refractivity contribution >= 4 is 34.6 Å². The van der Waals surface area contributed by atoms with Crippen LogP contribution in [0.1, 0.15) is 36.0 Å². The van der Waals surface area contributed by atoms with Crippen molar-refractivity contribution in [2.75, 3.05) is 17.2 Å². The van der Waals surface area contributed by atoms with Gasteiger partial charge in [0.1, 0.15) is 5.56 Å². The number of amides is 1. The predicted molar refractivity (Wildman–Crippen MR) is 103 cm³/mol. The largest absolute Gasteiger partial charge is 0.385 e. The van der Waals surface area contributed by atoms with Crippen LogP contribution in [0.4, 0.5) is 17.1 Å². The number of nitro benzene ring substituents is 1. The zero-order valence-corrected chi connectivity index (χ0v) is 15.0. The summed E-state index contributed by atoms with van der Waals surface area (Å²) in [6, 6.07) is 11.3. The molecule has 0 atom stereocenters. The van der Waals surface area contributed by atoms with E-state index in [4.69, 9.17) is 11.6 Å². The molecule has 0 heterocycles. The second-order valence-electron chi connectivity index (χ2n) is 6.48. The molecule has 0 saturated heterocycles. The molecule has 1 aliphatic rings. The molecule has 1 saturated carbocycles. The van der Waals surface area contributed by atoms with Gasteiger partial charge < -0.3 is 10.6 Å². The highest BCUT2D eigenvalue weighted by Crippen LogP contribution is 2.26. The van der Waals surface area contributed by atoms with Gasteiger partial charge in [0.05, 0.1) is 4.92 Å². The molecule has 0 radical (unpaired) electrons. The van der Waals surface area contributed by atoms with Crippen molar-refractivity contribution in [1.82, 2.24) is 0 Å². The molecule has 2 aromatic carbocycles. The van der Waals surface area contributed by atoms with E-state index >= 15 is 0 Å². The summed E-state index contributed by atoms with van der Waals surface area (Å²) in [5.41, 5.74) is 1.23. The topological polar surface area (TPSA) is 84.3 Å². The summed E-state index contributed by atoms with van der Waals surface area (Å²) in [6.07, 6.45) is 5.18. The number of benzene rings is 2. The van der Waals surface area contributed by atoms with Gasteiger partial charge in [-0.25, -0.2) is 0 Å². The summed E-state index contributed by atoms with van der Waals surface area (Å²) in [5.74, 6) is 0.194. The molecule has 2 N–H and O–H groups in total. The Morgan fingerprint density at radius 1 is 1.12 bits per heavy atom. The summed E-state index contributed by atoms with van der Waals surface area (Å²) in [7, 11) is 0. The van der Waals surface area contributed by atoms with Crippen molar-refractivity contribution in [2.45, 2.75) is 25.7 Å². The smallest absolute Gasteiger partial charge is 0.283 e. The first-order valence-corrected chi connectivity index (χ1v) is 9.00. The van der Waals surface area contributed by atoms with E-state index in [1.54, 1.807) is 12.1 Å².